The van der Waals surface area contributed by atoms with Crippen LogP contribution in [-0.4, -0.2) is 44.1 Å². The summed E-state index contributed by atoms with van der Waals surface area (Å²) in [7, 11) is -3.81. The summed E-state index contributed by atoms with van der Waals surface area (Å²) >= 11 is 17.9. The zero-order valence-electron chi connectivity index (χ0n) is 14.4. The van der Waals surface area contributed by atoms with E-state index in [0.717, 1.165) is 0 Å². The van der Waals surface area contributed by atoms with Gasteiger partial charge in [-0.1, -0.05) is 40.9 Å². The quantitative estimate of drug-likeness (QED) is 0.653. The Labute approximate surface area is 178 Å². The standard InChI is InChI=1S/C18H15Cl3N2O4S/c1-22-13-3-4-16(14(20)7-13)27-11-18(10-24)8-23(9-18)28(25,26)17-5-2-12(19)6-15(17)21/h2-7,24H,8-11H2. The van der Waals surface area contributed by atoms with E-state index < -0.39 is 15.4 Å². The van der Waals surface area contributed by atoms with Gasteiger partial charge in [-0.2, -0.15) is 4.31 Å². The summed E-state index contributed by atoms with van der Waals surface area (Å²) in [5.74, 6) is 0.365. The molecule has 0 spiro atoms. The van der Waals surface area contributed by atoms with E-state index in [-0.39, 0.29) is 41.2 Å². The van der Waals surface area contributed by atoms with Gasteiger partial charge in [0, 0.05) is 18.1 Å². The second kappa shape index (κ2) is 8.07. The van der Waals surface area contributed by atoms with Crippen molar-refractivity contribution in [3.63, 3.8) is 0 Å². The molecule has 0 saturated carbocycles. The van der Waals surface area contributed by atoms with E-state index in [1.807, 2.05) is 0 Å². The van der Waals surface area contributed by atoms with Crippen molar-refractivity contribution in [1.29, 1.82) is 0 Å². The number of hydrogen-bond donors (Lipinski definition) is 1. The lowest BCUT2D eigenvalue weighted by Gasteiger charge is -2.47. The van der Waals surface area contributed by atoms with Gasteiger partial charge in [-0.3, -0.25) is 0 Å². The molecule has 6 nitrogen and oxygen atoms in total. The Kier molecular flexibility index (Phi) is 6.11. The molecule has 3 rings (SSSR count). The number of aliphatic hydroxyl groups is 1. The fourth-order valence-electron chi connectivity index (χ4n) is 2.84. The molecule has 0 radical (unpaired) electrons. The maximum absolute atomic E-state index is 12.8. The first-order valence-corrected chi connectivity index (χ1v) is 10.6. The van der Waals surface area contributed by atoms with Crippen LogP contribution in [0.5, 0.6) is 5.75 Å². The Morgan fingerprint density at radius 1 is 1.14 bits per heavy atom. The molecule has 0 atom stereocenters. The van der Waals surface area contributed by atoms with Crippen molar-refractivity contribution in [3.8, 4) is 5.75 Å². The van der Waals surface area contributed by atoms with Crippen LogP contribution >= 0.6 is 34.8 Å². The van der Waals surface area contributed by atoms with E-state index in [2.05, 4.69) is 4.85 Å². The van der Waals surface area contributed by atoms with Gasteiger partial charge in [0.05, 0.1) is 35.2 Å². The Morgan fingerprint density at radius 2 is 1.86 bits per heavy atom. The van der Waals surface area contributed by atoms with Crippen LogP contribution in [0.15, 0.2) is 41.3 Å². The Bertz CT molecular complexity index is 1050. The van der Waals surface area contributed by atoms with Crippen LogP contribution in [0.3, 0.4) is 0 Å². The van der Waals surface area contributed by atoms with E-state index in [0.29, 0.717) is 16.5 Å². The van der Waals surface area contributed by atoms with Crippen LogP contribution in [0.4, 0.5) is 5.69 Å². The lowest BCUT2D eigenvalue weighted by molar-refractivity contribution is -0.0272. The van der Waals surface area contributed by atoms with E-state index in [1.165, 1.54) is 28.6 Å². The summed E-state index contributed by atoms with van der Waals surface area (Å²) in [4.78, 5) is 3.24. The minimum absolute atomic E-state index is 0.0381. The van der Waals surface area contributed by atoms with Crippen molar-refractivity contribution >= 4 is 50.5 Å². The number of hydrogen-bond acceptors (Lipinski definition) is 4. The van der Waals surface area contributed by atoms with Crippen molar-refractivity contribution < 1.29 is 18.3 Å². The van der Waals surface area contributed by atoms with Crippen molar-refractivity contribution in [2.75, 3.05) is 26.3 Å². The van der Waals surface area contributed by atoms with Crippen LogP contribution in [0, 0.1) is 12.0 Å². The topological polar surface area (TPSA) is 71.2 Å². The number of nitrogens with zero attached hydrogens (tertiary/aromatic N) is 2. The number of benzene rings is 2. The normalized spacial score (nSPS) is 16.2. The lowest BCUT2D eigenvalue weighted by Crippen LogP contribution is -2.62. The summed E-state index contributed by atoms with van der Waals surface area (Å²) in [6.07, 6.45) is 0. The Balaban J connectivity index is 1.70. The van der Waals surface area contributed by atoms with Gasteiger partial charge in [-0.25, -0.2) is 13.3 Å². The van der Waals surface area contributed by atoms with Crippen molar-refractivity contribution in [1.82, 2.24) is 4.31 Å². The molecule has 0 aromatic heterocycles. The van der Waals surface area contributed by atoms with E-state index in [1.54, 1.807) is 12.1 Å². The fraction of sp³-hybridized carbons (Fsp3) is 0.278. The number of ether oxygens (including phenoxy) is 1. The van der Waals surface area contributed by atoms with Gasteiger partial charge in [0.15, 0.2) is 5.69 Å². The number of halogens is 3. The zero-order chi connectivity index (χ0) is 20.5. The molecule has 1 fully saturated rings. The SMILES string of the molecule is [C-]#[N+]c1ccc(OCC2(CO)CN(S(=O)(=O)c3ccc(Cl)cc3Cl)C2)c(Cl)c1. The second-order valence-corrected chi connectivity index (χ2v) is 9.68. The van der Waals surface area contributed by atoms with Gasteiger partial charge in [0.2, 0.25) is 10.0 Å². The number of aliphatic hydroxyl groups excluding tert-OH is 1. The van der Waals surface area contributed by atoms with Gasteiger partial charge in [-0.05, 0) is 30.3 Å². The zero-order valence-corrected chi connectivity index (χ0v) is 17.5. The minimum Gasteiger partial charge on any atom is -0.491 e. The molecule has 0 aliphatic carbocycles. The summed E-state index contributed by atoms with van der Waals surface area (Å²) in [5, 5.41) is 10.4. The third-order valence-corrected chi connectivity index (χ3v) is 7.25. The van der Waals surface area contributed by atoms with Gasteiger partial charge in [-0.15, -0.1) is 0 Å². The fourth-order valence-corrected chi connectivity index (χ4v) is 5.48. The third-order valence-electron chi connectivity index (χ3n) is 4.45. The highest BCUT2D eigenvalue weighted by molar-refractivity contribution is 7.89. The molecule has 1 N–H and O–H groups in total. The van der Waals surface area contributed by atoms with Gasteiger partial charge < -0.3 is 9.84 Å². The van der Waals surface area contributed by atoms with Gasteiger partial charge in [0.25, 0.3) is 0 Å². The molecule has 28 heavy (non-hydrogen) atoms. The van der Waals surface area contributed by atoms with Crippen molar-refractivity contribution in [3.05, 3.63) is 62.9 Å². The number of sulfonamides is 1. The first kappa shape index (κ1) is 21.2. The molecule has 10 heteroatoms. The Hall–Kier alpha value is -1.53. The maximum atomic E-state index is 12.8. The lowest BCUT2D eigenvalue weighted by atomic mass is 9.83. The van der Waals surface area contributed by atoms with E-state index in [9.17, 15) is 13.5 Å². The molecule has 1 aliphatic rings. The highest BCUT2D eigenvalue weighted by Gasteiger charge is 2.49. The van der Waals surface area contributed by atoms with Crippen molar-refractivity contribution in [2.45, 2.75) is 4.90 Å². The molecule has 1 aliphatic heterocycles. The predicted molar refractivity (Wildman–Crippen MR) is 108 cm³/mol. The maximum Gasteiger partial charge on any atom is 0.244 e. The molecule has 1 saturated heterocycles. The van der Waals surface area contributed by atoms with Crippen molar-refractivity contribution in [2.24, 2.45) is 5.41 Å². The molecule has 2 aromatic rings. The van der Waals surface area contributed by atoms with E-state index >= 15 is 0 Å². The van der Waals surface area contributed by atoms with Crippen LogP contribution in [-0.2, 0) is 10.0 Å². The molecule has 0 unspecified atom stereocenters. The first-order chi connectivity index (χ1) is 13.2. The van der Waals surface area contributed by atoms with E-state index in [4.69, 9.17) is 46.1 Å². The third kappa shape index (κ3) is 4.08. The summed E-state index contributed by atoms with van der Waals surface area (Å²) < 4.78 is 32.5. The van der Waals surface area contributed by atoms with Crippen LogP contribution in [0.2, 0.25) is 15.1 Å². The number of rotatable bonds is 6. The molecular formula is C18H15Cl3N2O4S. The predicted octanol–water partition coefficient (Wildman–Crippen LogP) is 4.26. The molecule has 2 aromatic carbocycles. The smallest absolute Gasteiger partial charge is 0.244 e. The first-order valence-electron chi connectivity index (χ1n) is 8.07. The summed E-state index contributed by atoms with van der Waals surface area (Å²) in [6.45, 7) is 6.93. The van der Waals surface area contributed by atoms with Gasteiger partial charge >= 0.3 is 0 Å². The Morgan fingerprint density at radius 3 is 2.43 bits per heavy atom. The van der Waals surface area contributed by atoms with Crippen LogP contribution in [0.1, 0.15) is 0 Å². The summed E-state index contributed by atoms with van der Waals surface area (Å²) in [5.41, 5.74) is -0.372. The monoisotopic (exact) mass is 460 g/mol. The minimum atomic E-state index is -3.81. The average molecular weight is 462 g/mol. The molecular weight excluding hydrogens is 447 g/mol. The molecule has 1 heterocycles. The average Bonchev–Trinajstić information content (AvgIpc) is 2.61. The van der Waals surface area contributed by atoms with Gasteiger partial charge in [0.1, 0.15) is 10.6 Å². The highest BCUT2D eigenvalue weighted by Crippen LogP contribution is 2.38. The van der Waals surface area contributed by atoms with Crippen LogP contribution < -0.4 is 4.74 Å². The molecule has 148 valence electrons. The molecule has 0 bridgehead atoms. The van der Waals surface area contributed by atoms with Crippen LogP contribution in [0.25, 0.3) is 4.85 Å². The largest absolute Gasteiger partial charge is 0.491 e. The molecule has 0 amide bonds. The highest BCUT2D eigenvalue weighted by atomic mass is 35.5. The second-order valence-electron chi connectivity index (χ2n) is 6.52. The summed E-state index contributed by atoms with van der Waals surface area (Å²) in [6, 6.07) is 8.80.